The number of benzene rings is 2. The van der Waals surface area contributed by atoms with Gasteiger partial charge in [-0.1, -0.05) is 0 Å². The zero-order valence-corrected chi connectivity index (χ0v) is 20.0. The van der Waals surface area contributed by atoms with Crippen LogP contribution in [0.5, 0.6) is 5.75 Å². The standard InChI is InChI=1S/C28H32FN3O3/c29-26-17-21(5-8-27(26)31-13-10-22(18-31)30-11-1-2-12-30)32-14-9-20-16-23(6-7-25(20)28(32)33)35-19-24-4-3-15-34-24/h5-9,14,16-17,22,24H,1-4,10-13,15,18-19H2/t22-,24-/m1/s1. The number of likely N-dealkylation sites (tertiary alicyclic amines) is 1. The minimum atomic E-state index is -0.283. The van der Waals surface area contributed by atoms with E-state index < -0.39 is 0 Å². The number of anilines is 1. The Bertz CT molecular complexity index is 1260. The molecular weight excluding hydrogens is 445 g/mol. The first-order chi connectivity index (χ1) is 17.2. The normalized spacial score (nSPS) is 22.9. The smallest absolute Gasteiger partial charge is 0.262 e. The molecule has 6 nitrogen and oxygen atoms in total. The fraction of sp³-hybridized carbons (Fsp3) is 0.464. The van der Waals surface area contributed by atoms with Gasteiger partial charge in [0.15, 0.2) is 0 Å². The Morgan fingerprint density at radius 2 is 1.89 bits per heavy atom. The summed E-state index contributed by atoms with van der Waals surface area (Å²) in [6.45, 7) is 5.36. The molecule has 3 aromatic rings. The molecule has 0 aliphatic carbocycles. The zero-order valence-electron chi connectivity index (χ0n) is 20.0. The van der Waals surface area contributed by atoms with Crippen LogP contribution >= 0.6 is 0 Å². The highest BCUT2D eigenvalue weighted by Crippen LogP contribution is 2.29. The maximum Gasteiger partial charge on any atom is 0.262 e. The summed E-state index contributed by atoms with van der Waals surface area (Å²) in [7, 11) is 0. The first kappa shape index (κ1) is 22.6. The second-order valence-corrected chi connectivity index (χ2v) is 9.95. The summed E-state index contributed by atoms with van der Waals surface area (Å²) in [6, 6.07) is 13.0. The van der Waals surface area contributed by atoms with E-state index in [1.165, 1.54) is 23.5 Å². The second-order valence-electron chi connectivity index (χ2n) is 9.95. The third-order valence-corrected chi connectivity index (χ3v) is 7.71. The van der Waals surface area contributed by atoms with Crippen LogP contribution in [0.4, 0.5) is 10.1 Å². The molecule has 2 aromatic carbocycles. The molecule has 4 heterocycles. The number of ether oxygens (including phenoxy) is 2. The predicted molar refractivity (Wildman–Crippen MR) is 135 cm³/mol. The average molecular weight is 478 g/mol. The largest absolute Gasteiger partial charge is 0.491 e. The van der Waals surface area contributed by atoms with E-state index >= 15 is 4.39 Å². The number of nitrogens with zero attached hydrogens (tertiary/aromatic N) is 3. The van der Waals surface area contributed by atoms with Gasteiger partial charge in [-0.2, -0.15) is 0 Å². The summed E-state index contributed by atoms with van der Waals surface area (Å²) in [6.07, 6.45) is 7.55. The monoisotopic (exact) mass is 477 g/mol. The lowest BCUT2D eigenvalue weighted by molar-refractivity contribution is 0.0680. The predicted octanol–water partition coefficient (Wildman–Crippen LogP) is 4.36. The highest BCUT2D eigenvalue weighted by Gasteiger charge is 2.30. The highest BCUT2D eigenvalue weighted by molar-refractivity contribution is 5.83. The van der Waals surface area contributed by atoms with Gasteiger partial charge in [0, 0.05) is 43.4 Å². The Morgan fingerprint density at radius 1 is 1.00 bits per heavy atom. The van der Waals surface area contributed by atoms with Crippen molar-refractivity contribution in [2.24, 2.45) is 0 Å². The fourth-order valence-electron chi connectivity index (χ4n) is 5.75. The van der Waals surface area contributed by atoms with Crippen LogP contribution in [0.2, 0.25) is 0 Å². The van der Waals surface area contributed by atoms with Gasteiger partial charge < -0.3 is 14.4 Å². The molecule has 6 rings (SSSR count). The first-order valence-corrected chi connectivity index (χ1v) is 12.8. The van der Waals surface area contributed by atoms with Crippen molar-refractivity contribution in [2.45, 2.75) is 44.2 Å². The molecule has 1 aromatic heterocycles. The summed E-state index contributed by atoms with van der Waals surface area (Å²) < 4.78 is 28.2. The van der Waals surface area contributed by atoms with Gasteiger partial charge in [-0.25, -0.2) is 4.39 Å². The molecule has 3 saturated heterocycles. The summed E-state index contributed by atoms with van der Waals surface area (Å²) >= 11 is 0. The van der Waals surface area contributed by atoms with Gasteiger partial charge in [0.1, 0.15) is 18.2 Å². The summed E-state index contributed by atoms with van der Waals surface area (Å²) in [5.41, 5.74) is 0.986. The molecule has 3 aliphatic heterocycles. The molecule has 0 N–H and O–H groups in total. The Morgan fingerprint density at radius 3 is 2.69 bits per heavy atom. The molecule has 35 heavy (non-hydrogen) atoms. The van der Waals surface area contributed by atoms with E-state index in [9.17, 15) is 4.79 Å². The zero-order chi connectivity index (χ0) is 23.8. The minimum absolute atomic E-state index is 0.142. The number of aromatic nitrogens is 1. The van der Waals surface area contributed by atoms with E-state index in [2.05, 4.69) is 9.80 Å². The minimum Gasteiger partial charge on any atom is -0.491 e. The first-order valence-electron chi connectivity index (χ1n) is 12.8. The number of pyridine rings is 1. The van der Waals surface area contributed by atoms with Crippen LogP contribution in [0.3, 0.4) is 0 Å². The number of hydrogen-bond acceptors (Lipinski definition) is 5. The van der Waals surface area contributed by atoms with Gasteiger partial charge >= 0.3 is 0 Å². The number of halogens is 1. The third-order valence-electron chi connectivity index (χ3n) is 7.71. The molecule has 0 spiro atoms. The van der Waals surface area contributed by atoms with E-state index in [0.29, 0.717) is 29.4 Å². The van der Waals surface area contributed by atoms with Crippen molar-refractivity contribution < 1.29 is 13.9 Å². The lowest BCUT2D eigenvalue weighted by Crippen LogP contribution is -2.35. The van der Waals surface area contributed by atoms with E-state index in [1.807, 2.05) is 30.3 Å². The maximum absolute atomic E-state index is 15.2. The Labute approximate surface area is 204 Å². The Kier molecular flexibility index (Phi) is 6.20. The van der Waals surface area contributed by atoms with Crippen molar-refractivity contribution in [1.29, 1.82) is 0 Å². The average Bonchev–Trinajstić information content (AvgIpc) is 3.66. The van der Waals surface area contributed by atoms with Gasteiger partial charge in [0.25, 0.3) is 5.56 Å². The van der Waals surface area contributed by atoms with Gasteiger partial charge in [-0.3, -0.25) is 14.3 Å². The molecule has 0 saturated carbocycles. The molecule has 2 atom stereocenters. The lowest BCUT2D eigenvalue weighted by atomic mass is 10.1. The van der Waals surface area contributed by atoms with Crippen molar-refractivity contribution >= 4 is 16.5 Å². The molecule has 7 heteroatoms. The van der Waals surface area contributed by atoms with Crippen LogP contribution in [-0.2, 0) is 4.74 Å². The van der Waals surface area contributed by atoms with Crippen molar-refractivity contribution in [3.8, 4) is 11.4 Å². The van der Waals surface area contributed by atoms with Crippen LogP contribution in [-0.4, -0.2) is 61.0 Å². The van der Waals surface area contributed by atoms with Crippen LogP contribution in [0, 0.1) is 5.82 Å². The lowest BCUT2D eigenvalue weighted by Gasteiger charge is -2.25. The SMILES string of the molecule is O=c1c2ccc(OC[C@H]3CCCO3)cc2ccn1-c1ccc(N2CC[C@@H](N3CCCC3)C2)c(F)c1. The molecule has 184 valence electrons. The molecular formula is C28H32FN3O3. The highest BCUT2D eigenvalue weighted by atomic mass is 19.1. The molecule has 0 bridgehead atoms. The van der Waals surface area contributed by atoms with Gasteiger partial charge in [-0.15, -0.1) is 0 Å². The van der Waals surface area contributed by atoms with E-state index in [-0.39, 0.29) is 17.5 Å². The Balaban J connectivity index is 1.20. The molecule has 0 unspecified atom stereocenters. The Hall–Kier alpha value is -2.90. The summed E-state index contributed by atoms with van der Waals surface area (Å²) in [4.78, 5) is 17.9. The molecule has 3 fully saturated rings. The van der Waals surface area contributed by atoms with Crippen LogP contribution in [0.15, 0.2) is 53.5 Å². The van der Waals surface area contributed by atoms with Crippen molar-refractivity contribution in [2.75, 3.05) is 44.3 Å². The van der Waals surface area contributed by atoms with E-state index in [1.54, 1.807) is 12.3 Å². The fourth-order valence-corrected chi connectivity index (χ4v) is 5.75. The van der Waals surface area contributed by atoms with Crippen molar-refractivity contribution in [3.05, 3.63) is 64.8 Å². The maximum atomic E-state index is 15.2. The molecule has 0 amide bonds. The van der Waals surface area contributed by atoms with Crippen LogP contribution in [0.25, 0.3) is 16.5 Å². The third kappa shape index (κ3) is 4.55. The second kappa shape index (κ2) is 9.63. The van der Waals surface area contributed by atoms with Crippen LogP contribution in [0.1, 0.15) is 32.1 Å². The van der Waals surface area contributed by atoms with Crippen LogP contribution < -0.4 is 15.2 Å². The number of rotatable bonds is 6. The quantitative estimate of drug-likeness (QED) is 0.528. The number of hydrogen-bond donors (Lipinski definition) is 0. The number of fused-ring (bicyclic) bond motifs is 1. The van der Waals surface area contributed by atoms with Gasteiger partial charge in [-0.05, 0) is 87.0 Å². The van der Waals surface area contributed by atoms with Crippen molar-refractivity contribution in [1.82, 2.24) is 9.47 Å². The van der Waals surface area contributed by atoms with Gasteiger partial charge in [0.2, 0.25) is 0 Å². The summed E-state index contributed by atoms with van der Waals surface area (Å²) in [5.74, 6) is 0.438. The van der Waals surface area contributed by atoms with Gasteiger partial charge in [0.05, 0.1) is 17.5 Å². The topological polar surface area (TPSA) is 46.9 Å². The van der Waals surface area contributed by atoms with Crippen molar-refractivity contribution in [3.63, 3.8) is 0 Å². The molecule has 3 aliphatic rings. The molecule has 0 radical (unpaired) electrons. The van der Waals surface area contributed by atoms with E-state index in [0.717, 1.165) is 63.2 Å². The van der Waals surface area contributed by atoms with E-state index in [4.69, 9.17) is 9.47 Å². The summed E-state index contributed by atoms with van der Waals surface area (Å²) in [5, 5.41) is 1.38.